The second kappa shape index (κ2) is 12.1. The van der Waals surface area contributed by atoms with Crippen LogP contribution in [0.5, 0.6) is 0 Å². The average Bonchev–Trinajstić information content (AvgIpc) is 3.48. The molecule has 1 aromatic carbocycles. The Morgan fingerprint density at radius 3 is 2.55 bits per heavy atom. The van der Waals surface area contributed by atoms with Crippen LogP contribution < -0.4 is 10.6 Å². The molecule has 2 aliphatic rings. The Balaban J connectivity index is 1.51. The Morgan fingerprint density at radius 1 is 1.13 bits per heavy atom. The lowest BCUT2D eigenvalue weighted by atomic mass is 9.73. The number of aliphatic hydroxyl groups excluding tert-OH is 2. The maximum Gasteiger partial charge on any atom is 0.619 e. The van der Waals surface area contributed by atoms with Crippen LogP contribution in [0.15, 0.2) is 60.4 Å². The van der Waals surface area contributed by atoms with Crippen molar-refractivity contribution in [2.75, 3.05) is 6.61 Å². The lowest BCUT2D eigenvalue weighted by Crippen LogP contribution is -2.55. The smallest absolute Gasteiger partial charge is 0.522 e. The highest BCUT2D eigenvalue weighted by atomic mass is 16.7. The molecular weight excluding hydrogens is 495 g/mol. The molecule has 3 unspecified atom stereocenters. The third-order valence-corrected chi connectivity index (χ3v) is 6.00. The van der Waals surface area contributed by atoms with Crippen molar-refractivity contribution in [1.82, 2.24) is 20.6 Å². The molecule has 0 spiro atoms. The number of hydrogen-bond acceptors (Lipinski definition) is 10. The number of rotatable bonds is 11. The van der Waals surface area contributed by atoms with E-state index in [9.17, 15) is 24.6 Å². The summed E-state index contributed by atoms with van der Waals surface area (Å²) in [5.41, 5.74) is 0.886. The average molecular weight is 524 g/mol. The molecule has 4 atom stereocenters. The summed E-state index contributed by atoms with van der Waals surface area (Å²) in [5.74, 6) is -2.74. The van der Waals surface area contributed by atoms with E-state index in [1.807, 2.05) is 44.2 Å². The van der Waals surface area contributed by atoms with Crippen molar-refractivity contribution >= 4 is 24.9 Å². The van der Waals surface area contributed by atoms with Crippen molar-refractivity contribution in [1.29, 1.82) is 0 Å². The van der Waals surface area contributed by atoms with Crippen LogP contribution in [0, 0.1) is 5.92 Å². The van der Waals surface area contributed by atoms with Crippen LogP contribution >= 0.6 is 0 Å². The number of nitrogens with one attached hydrogen (secondary N) is 2. The molecule has 0 saturated heterocycles. The number of carbonyl (C=O) groups is 3. The summed E-state index contributed by atoms with van der Waals surface area (Å²) in [7, 11) is -1.08. The zero-order valence-electron chi connectivity index (χ0n) is 20.9. The number of carbonyl (C=O) groups excluding carboxylic acids is 3. The molecule has 4 N–H and O–H groups in total. The third kappa shape index (κ3) is 6.29. The number of ether oxygens (including phenoxy) is 1. The standard InChI is InChI=1S/C25H29BN4O8/c1-14(2)10-19(26-37-21-20(18(32)13-31)36-25(35)22(21)38-26)30-23(33)16(11-15-6-4-3-5-7-15)29-24(34)17-12-27-8-9-28-17/h3-9,12,14,16,18-20,31-32H,10-11,13H2,1-2H3,(H,29,34)(H,30,33)/t16?,18?,19-,20?/m0/s1. The minimum atomic E-state index is -1.39. The number of amides is 2. The Morgan fingerprint density at radius 2 is 1.89 bits per heavy atom. The molecule has 3 heterocycles. The van der Waals surface area contributed by atoms with E-state index < -0.39 is 55.7 Å². The zero-order chi connectivity index (χ0) is 27.2. The van der Waals surface area contributed by atoms with Crippen molar-refractivity contribution in [2.24, 2.45) is 5.92 Å². The molecule has 4 rings (SSSR count). The van der Waals surface area contributed by atoms with Gasteiger partial charge in [-0.15, -0.1) is 0 Å². The monoisotopic (exact) mass is 524 g/mol. The van der Waals surface area contributed by atoms with Gasteiger partial charge >= 0.3 is 13.1 Å². The van der Waals surface area contributed by atoms with Gasteiger partial charge in [0, 0.05) is 18.8 Å². The highest BCUT2D eigenvalue weighted by Gasteiger charge is 2.53. The summed E-state index contributed by atoms with van der Waals surface area (Å²) in [6, 6.07) is 8.23. The third-order valence-electron chi connectivity index (χ3n) is 6.00. The van der Waals surface area contributed by atoms with Crippen molar-refractivity contribution < 1.29 is 38.6 Å². The molecule has 0 radical (unpaired) electrons. The van der Waals surface area contributed by atoms with E-state index >= 15 is 0 Å². The van der Waals surface area contributed by atoms with Crippen LogP contribution in [0.3, 0.4) is 0 Å². The molecule has 2 aliphatic heterocycles. The first-order valence-electron chi connectivity index (χ1n) is 12.2. The largest absolute Gasteiger partial charge is 0.619 e. The second-order valence-corrected chi connectivity index (χ2v) is 9.42. The van der Waals surface area contributed by atoms with Crippen molar-refractivity contribution in [3.05, 3.63) is 71.7 Å². The minimum Gasteiger partial charge on any atom is -0.522 e. The number of cyclic esters (lactones) is 1. The maximum absolute atomic E-state index is 13.5. The van der Waals surface area contributed by atoms with Crippen LogP contribution in [0.1, 0.15) is 36.3 Å². The highest BCUT2D eigenvalue weighted by Crippen LogP contribution is 2.34. The van der Waals surface area contributed by atoms with E-state index in [1.54, 1.807) is 0 Å². The Labute approximate surface area is 219 Å². The second-order valence-electron chi connectivity index (χ2n) is 9.42. The minimum absolute atomic E-state index is 0.0265. The molecule has 0 bridgehead atoms. The van der Waals surface area contributed by atoms with Gasteiger partial charge in [-0.3, -0.25) is 14.6 Å². The first-order valence-corrected chi connectivity index (χ1v) is 12.2. The predicted molar refractivity (Wildman–Crippen MR) is 133 cm³/mol. The summed E-state index contributed by atoms with van der Waals surface area (Å²) in [6.07, 6.45) is 2.14. The van der Waals surface area contributed by atoms with Crippen LogP contribution in [0.25, 0.3) is 0 Å². The number of nitrogens with zero attached hydrogens (tertiary/aromatic N) is 2. The quantitative estimate of drug-likeness (QED) is 0.230. The van der Waals surface area contributed by atoms with Gasteiger partial charge in [0.2, 0.25) is 11.7 Å². The van der Waals surface area contributed by atoms with E-state index in [1.165, 1.54) is 18.6 Å². The molecule has 1 aromatic heterocycles. The van der Waals surface area contributed by atoms with Crippen molar-refractivity contribution in [3.63, 3.8) is 0 Å². The molecule has 200 valence electrons. The summed E-state index contributed by atoms with van der Waals surface area (Å²) < 4.78 is 16.6. The summed E-state index contributed by atoms with van der Waals surface area (Å²) >= 11 is 0. The van der Waals surface area contributed by atoms with Gasteiger partial charge in [-0.05, 0) is 17.9 Å². The van der Waals surface area contributed by atoms with Gasteiger partial charge in [0.15, 0.2) is 11.9 Å². The van der Waals surface area contributed by atoms with E-state index in [-0.39, 0.29) is 29.6 Å². The zero-order valence-corrected chi connectivity index (χ0v) is 20.9. The Bertz CT molecular complexity index is 1180. The summed E-state index contributed by atoms with van der Waals surface area (Å²) in [4.78, 5) is 46.5. The lowest BCUT2D eigenvalue weighted by molar-refractivity contribution is -0.148. The van der Waals surface area contributed by atoms with Crippen LogP contribution in [0.4, 0.5) is 0 Å². The fraction of sp³-hybridized carbons (Fsp3) is 0.400. The van der Waals surface area contributed by atoms with Crippen LogP contribution in [0.2, 0.25) is 0 Å². The van der Waals surface area contributed by atoms with Gasteiger partial charge in [-0.25, -0.2) is 9.78 Å². The number of aromatic nitrogens is 2. The molecule has 0 aliphatic carbocycles. The first-order chi connectivity index (χ1) is 18.3. The number of benzene rings is 1. The van der Waals surface area contributed by atoms with Gasteiger partial charge in [0.1, 0.15) is 17.8 Å². The van der Waals surface area contributed by atoms with Crippen molar-refractivity contribution in [2.45, 2.75) is 50.9 Å². The van der Waals surface area contributed by atoms with Gasteiger partial charge in [-0.1, -0.05) is 44.2 Å². The summed E-state index contributed by atoms with van der Waals surface area (Å²) in [6.45, 7) is 3.24. The molecule has 0 fully saturated rings. The molecule has 13 heteroatoms. The fourth-order valence-corrected chi connectivity index (χ4v) is 4.19. The first kappa shape index (κ1) is 27.1. The van der Waals surface area contributed by atoms with E-state index in [2.05, 4.69) is 20.6 Å². The van der Waals surface area contributed by atoms with Crippen LogP contribution in [-0.2, 0) is 30.1 Å². The maximum atomic E-state index is 13.5. The highest BCUT2D eigenvalue weighted by molar-refractivity contribution is 6.49. The SMILES string of the molecule is CC(C)C[C@H](NC(=O)C(Cc1ccccc1)NC(=O)c1cnccn1)B1OC2=C(O1)C(C(O)CO)OC2=O. The fourth-order valence-electron chi connectivity index (χ4n) is 4.19. The number of esters is 1. The molecule has 38 heavy (non-hydrogen) atoms. The van der Waals surface area contributed by atoms with Gasteiger partial charge in [-0.2, -0.15) is 0 Å². The number of aliphatic hydroxyl groups is 2. The van der Waals surface area contributed by atoms with E-state index in [4.69, 9.17) is 14.0 Å². The Hall–Kier alpha value is -3.97. The van der Waals surface area contributed by atoms with E-state index in [0.717, 1.165) is 5.56 Å². The lowest BCUT2D eigenvalue weighted by Gasteiger charge is -2.27. The topological polar surface area (TPSA) is 169 Å². The van der Waals surface area contributed by atoms with Crippen molar-refractivity contribution in [3.8, 4) is 0 Å². The molecule has 12 nitrogen and oxygen atoms in total. The van der Waals surface area contributed by atoms with Gasteiger partial charge in [0.25, 0.3) is 5.91 Å². The molecule has 2 amide bonds. The van der Waals surface area contributed by atoms with Gasteiger partial charge in [0.05, 0.1) is 18.7 Å². The predicted octanol–water partition coefficient (Wildman–Crippen LogP) is -0.0870. The van der Waals surface area contributed by atoms with E-state index in [0.29, 0.717) is 6.42 Å². The summed E-state index contributed by atoms with van der Waals surface area (Å²) in [5, 5.41) is 24.9. The van der Waals surface area contributed by atoms with Gasteiger partial charge < -0.3 is 34.9 Å². The Kier molecular flexibility index (Phi) is 8.59. The normalized spacial score (nSPS) is 18.7. The number of hydrogen-bond donors (Lipinski definition) is 4. The van der Waals surface area contributed by atoms with Crippen LogP contribution in [-0.4, -0.2) is 75.9 Å². The molecule has 2 aromatic rings. The molecule has 0 saturated carbocycles. The molecular formula is C25H29BN4O8.